The standard InChI is InChI=1S/C22H23ClN4O2/c23-19-12-16(13-26-22(19)27-17-6-9-29-10-7-17)20(28)4-2-14-1-3-18-15(11-14)5-8-25-21(18)24/h1,3,5,8,11-13,17H,2,4,6-7,9-10H2,(H2,24,25)(H,26,27). The number of aryl methyl sites for hydroxylation is 1. The molecule has 0 spiro atoms. The summed E-state index contributed by atoms with van der Waals surface area (Å²) >= 11 is 6.36. The van der Waals surface area contributed by atoms with Crippen LogP contribution in [0.3, 0.4) is 0 Å². The van der Waals surface area contributed by atoms with Crippen molar-refractivity contribution in [1.29, 1.82) is 0 Å². The third-order valence-corrected chi connectivity index (χ3v) is 5.51. The van der Waals surface area contributed by atoms with Crippen molar-refractivity contribution >= 4 is 39.8 Å². The molecule has 3 aromatic rings. The van der Waals surface area contributed by atoms with Gasteiger partial charge in [0.05, 0.1) is 5.02 Å². The first kappa shape index (κ1) is 19.6. The molecule has 1 saturated heterocycles. The van der Waals surface area contributed by atoms with Gasteiger partial charge < -0.3 is 15.8 Å². The third-order valence-electron chi connectivity index (χ3n) is 5.23. The number of carbonyl (C=O) groups is 1. The first-order chi connectivity index (χ1) is 14.1. The monoisotopic (exact) mass is 410 g/mol. The van der Waals surface area contributed by atoms with Crippen LogP contribution in [-0.4, -0.2) is 35.0 Å². The maximum atomic E-state index is 12.6. The summed E-state index contributed by atoms with van der Waals surface area (Å²) in [6.07, 6.45) is 6.16. The molecule has 7 heteroatoms. The highest BCUT2D eigenvalue weighted by molar-refractivity contribution is 6.33. The van der Waals surface area contributed by atoms with Gasteiger partial charge in [-0.1, -0.05) is 29.8 Å². The van der Waals surface area contributed by atoms with Crippen LogP contribution in [0.25, 0.3) is 10.8 Å². The lowest BCUT2D eigenvalue weighted by Crippen LogP contribution is -2.28. The van der Waals surface area contributed by atoms with E-state index in [1.807, 2.05) is 24.3 Å². The number of benzene rings is 1. The molecule has 0 atom stereocenters. The van der Waals surface area contributed by atoms with E-state index in [0.717, 1.165) is 42.4 Å². The summed E-state index contributed by atoms with van der Waals surface area (Å²) < 4.78 is 5.36. The van der Waals surface area contributed by atoms with Crippen molar-refractivity contribution in [3.8, 4) is 0 Å². The van der Waals surface area contributed by atoms with Gasteiger partial charge in [0.25, 0.3) is 0 Å². The molecule has 0 unspecified atom stereocenters. The number of halogens is 1. The average Bonchev–Trinajstić information content (AvgIpc) is 2.74. The normalized spacial score (nSPS) is 14.8. The first-order valence-corrected chi connectivity index (χ1v) is 10.1. The number of nitrogen functional groups attached to an aromatic ring is 1. The maximum Gasteiger partial charge on any atom is 0.164 e. The number of fused-ring (bicyclic) bond motifs is 1. The van der Waals surface area contributed by atoms with Crippen LogP contribution in [-0.2, 0) is 11.2 Å². The molecule has 29 heavy (non-hydrogen) atoms. The van der Waals surface area contributed by atoms with E-state index in [9.17, 15) is 4.79 Å². The van der Waals surface area contributed by atoms with Gasteiger partial charge in [-0.15, -0.1) is 0 Å². The van der Waals surface area contributed by atoms with Gasteiger partial charge in [-0.25, -0.2) is 9.97 Å². The molecule has 3 N–H and O–H groups in total. The van der Waals surface area contributed by atoms with Gasteiger partial charge in [-0.05, 0) is 42.3 Å². The summed E-state index contributed by atoms with van der Waals surface area (Å²) in [7, 11) is 0. The van der Waals surface area contributed by atoms with E-state index in [-0.39, 0.29) is 5.78 Å². The van der Waals surface area contributed by atoms with Crippen molar-refractivity contribution in [2.24, 2.45) is 0 Å². The van der Waals surface area contributed by atoms with Crippen molar-refractivity contribution in [3.05, 3.63) is 58.9 Å². The number of pyridine rings is 2. The quantitative estimate of drug-likeness (QED) is 0.590. The number of anilines is 2. The molecular formula is C22H23ClN4O2. The second kappa shape index (κ2) is 8.76. The number of nitrogens with zero attached hydrogens (tertiary/aromatic N) is 2. The van der Waals surface area contributed by atoms with Crippen molar-refractivity contribution in [2.45, 2.75) is 31.7 Å². The van der Waals surface area contributed by atoms with Crippen LogP contribution in [0.4, 0.5) is 11.6 Å². The van der Waals surface area contributed by atoms with Gasteiger partial charge in [0.15, 0.2) is 5.78 Å². The van der Waals surface area contributed by atoms with Crippen LogP contribution in [0.15, 0.2) is 42.7 Å². The highest BCUT2D eigenvalue weighted by atomic mass is 35.5. The lowest BCUT2D eigenvalue weighted by Gasteiger charge is -2.24. The molecule has 1 fully saturated rings. The summed E-state index contributed by atoms with van der Waals surface area (Å²) in [6.45, 7) is 1.48. The zero-order valence-corrected chi connectivity index (χ0v) is 16.8. The molecule has 2 aromatic heterocycles. The van der Waals surface area contributed by atoms with Crippen LogP contribution in [0, 0.1) is 0 Å². The van der Waals surface area contributed by atoms with Crippen molar-refractivity contribution in [2.75, 3.05) is 24.3 Å². The second-order valence-corrected chi connectivity index (χ2v) is 7.67. The average molecular weight is 411 g/mol. The summed E-state index contributed by atoms with van der Waals surface area (Å²) in [6, 6.07) is 9.91. The number of hydrogen-bond donors (Lipinski definition) is 2. The molecule has 1 aromatic carbocycles. The number of carbonyl (C=O) groups excluding carboxylic acids is 1. The number of nitrogens with one attached hydrogen (secondary N) is 1. The van der Waals surface area contributed by atoms with E-state index >= 15 is 0 Å². The number of aromatic nitrogens is 2. The maximum absolute atomic E-state index is 12.6. The molecule has 6 nitrogen and oxygen atoms in total. The van der Waals surface area contributed by atoms with Crippen molar-refractivity contribution in [1.82, 2.24) is 9.97 Å². The molecule has 0 saturated carbocycles. The largest absolute Gasteiger partial charge is 0.383 e. The van der Waals surface area contributed by atoms with Gasteiger partial charge >= 0.3 is 0 Å². The Balaban J connectivity index is 1.40. The molecule has 3 heterocycles. The van der Waals surface area contributed by atoms with Crippen molar-refractivity contribution in [3.63, 3.8) is 0 Å². The zero-order valence-electron chi connectivity index (χ0n) is 16.0. The minimum atomic E-state index is 0.0198. The van der Waals surface area contributed by atoms with Crippen molar-refractivity contribution < 1.29 is 9.53 Å². The highest BCUT2D eigenvalue weighted by Gasteiger charge is 2.16. The van der Waals surface area contributed by atoms with Crippen LogP contribution >= 0.6 is 11.6 Å². The summed E-state index contributed by atoms with van der Waals surface area (Å²) in [5, 5.41) is 5.76. The molecule has 150 valence electrons. The van der Waals surface area contributed by atoms with Gasteiger partial charge in [-0.2, -0.15) is 0 Å². The van der Waals surface area contributed by atoms with E-state index in [0.29, 0.717) is 41.1 Å². The number of ketones is 1. The Bertz CT molecular complexity index is 1030. The predicted molar refractivity (Wildman–Crippen MR) is 116 cm³/mol. The Morgan fingerprint density at radius 3 is 2.83 bits per heavy atom. The van der Waals surface area contributed by atoms with Gasteiger partial charge in [0, 0.05) is 49.0 Å². The molecule has 4 rings (SSSR count). The number of nitrogens with two attached hydrogens (primary N) is 1. The molecule has 0 bridgehead atoms. The molecular weight excluding hydrogens is 388 g/mol. The first-order valence-electron chi connectivity index (χ1n) is 9.76. The topological polar surface area (TPSA) is 90.1 Å². The van der Waals surface area contributed by atoms with E-state index in [1.54, 1.807) is 18.5 Å². The summed E-state index contributed by atoms with van der Waals surface area (Å²) in [4.78, 5) is 21.1. The molecule has 0 amide bonds. The molecule has 0 radical (unpaired) electrons. The zero-order chi connectivity index (χ0) is 20.2. The number of hydrogen-bond acceptors (Lipinski definition) is 6. The van der Waals surface area contributed by atoms with Crippen LogP contribution in [0.2, 0.25) is 5.02 Å². The Labute approximate surface area is 174 Å². The fraction of sp³-hybridized carbons (Fsp3) is 0.318. The number of rotatable bonds is 6. The smallest absolute Gasteiger partial charge is 0.164 e. The number of ether oxygens (including phenoxy) is 1. The fourth-order valence-corrected chi connectivity index (χ4v) is 3.76. The predicted octanol–water partition coefficient (Wildman–Crippen LogP) is 4.27. The molecule has 1 aliphatic rings. The SMILES string of the molecule is Nc1nccc2cc(CCC(=O)c3cnc(NC4CCOCC4)c(Cl)c3)ccc12. The summed E-state index contributed by atoms with van der Waals surface area (Å²) in [5.74, 6) is 1.16. The lowest BCUT2D eigenvalue weighted by atomic mass is 10.0. The molecule has 1 aliphatic heterocycles. The van der Waals surface area contributed by atoms with Gasteiger partial charge in [0.1, 0.15) is 11.6 Å². The van der Waals surface area contributed by atoms with E-state index < -0.39 is 0 Å². The van der Waals surface area contributed by atoms with E-state index in [2.05, 4.69) is 15.3 Å². The van der Waals surface area contributed by atoms with Gasteiger partial charge in [0.2, 0.25) is 0 Å². The van der Waals surface area contributed by atoms with E-state index in [4.69, 9.17) is 22.1 Å². The lowest BCUT2D eigenvalue weighted by molar-refractivity contribution is 0.0904. The Morgan fingerprint density at radius 2 is 2.03 bits per heavy atom. The molecule has 0 aliphatic carbocycles. The highest BCUT2D eigenvalue weighted by Crippen LogP contribution is 2.24. The van der Waals surface area contributed by atoms with Crippen LogP contribution in [0.5, 0.6) is 0 Å². The Hall–Kier alpha value is -2.70. The Morgan fingerprint density at radius 1 is 1.21 bits per heavy atom. The fourth-order valence-electron chi connectivity index (χ4n) is 3.54. The minimum Gasteiger partial charge on any atom is -0.383 e. The summed E-state index contributed by atoms with van der Waals surface area (Å²) in [5.41, 5.74) is 7.50. The van der Waals surface area contributed by atoms with E-state index in [1.165, 1.54) is 0 Å². The van der Waals surface area contributed by atoms with Crippen LogP contribution < -0.4 is 11.1 Å². The Kier molecular flexibility index (Phi) is 5.92. The second-order valence-electron chi connectivity index (χ2n) is 7.26. The number of Topliss-reactive ketones (excluding diaryl/α,β-unsaturated/α-hetero) is 1. The third kappa shape index (κ3) is 4.66. The van der Waals surface area contributed by atoms with Gasteiger partial charge in [-0.3, -0.25) is 4.79 Å². The van der Waals surface area contributed by atoms with Crippen LogP contribution in [0.1, 0.15) is 35.2 Å². The minimum absolute atomic E-state index is 0.0198.